The zero-order chi connectivity index (χ0) is 8.53. The minimum atomic E-state index is -0.125. The van der Waals surface area contributed by atoms with E-state index in [0.29, 0.717) is 6.10 Å². The molecule has 0 aromatic carbocycles. The quantitative estimate of drug-likeness (QED) is 0.544. The van der Waals surface area contributed by atoms with Crippen LogP contribution in [0.2, 0.25) is 0 Å². The van der Waals surface area contributed by atoms with Crippen LogP contribution in [0.25, 0.3) is 0 Å². The second kappa shape index (κ2) is 7.94. The van der Waals surface area contributed by atoms with Crippen LogP contribution in [0.3, 0.4) is 0 Å². The van der Waals surface area contributed by atoms with Crippen LogP contribution in [0.5, 0.6) is 0 Å². The van der Waals surface area contributed by atoms with Crippen molar-refractivity contribution in [3.8, 4) is 0 Å². The Bertz CT molecular complexity index is 70.8. The largest absolute Gasteiger partial charge is 0.394 e. The van der Waals surface area contributed by atoms with Gasteiger partial charge in [0.2, 0.25) is 0 Å². The van der Waals surface area contributed by atoms with Gasteiger partial charge in [0, 0.05) is 6.61 Å². The third-order valence-corrected chi connectivity index (χ3v) is 1.01. The molecule has 1 heterocycles. The third kappa shape index (κ3) is 9.84. The summed E-state index contributed by atoms with van der Waals surface area (Å²) in [6.45, 7) is 4.23. The standard InChI is InChI=1S/C5H10O2.C2H6O2/c1-2-6-3-5-4-7-5;3-1-2-4/h5H,2-4H2,1H3;3-4H,1-2H2. The topological polar surface area (TPSA) is 62.2 Å². The van der Waals surface area contributed by atoms with E-state index in [1.807, 2.05) is 6.92 Å². The Balaban J connectivity index is 0.000000218. The van der Waals surface area contributed by atoms with E-state index >= 15 is 0 Å². The summed E-state index contributed by atoms with van der Waals surface area (Å²) in [4.78, 5) is 0. The van der Waals surface area contributed by atoms with Crippen LogP contribution in [0.1, 0.15) is 6.92 Å². The van der Waals surface area contributed by atoms with Gasteiger partial charge in [0.15, 0.2) is 0 Å². The Morgan fingerprint density at radius 2 is 2.00 bits per heavy atom. The number of hydrogen-bond acceptors (Lipinski definition) is 4. The summed E-state index contributed by atoms with van der Waals surface area (Å²) >= 11 is 0. The molecular weight excluding hydrogens is 148 g/mol. The molecule has 1 rings (SSSR count). The van der Waals surface area contributed by atoms with Gasteiger partial charge >= 0.3 is 0 Å². The molecule has 0 spiro atoms. The first kappa shape index (κ1) is 10.8. The number of epoxide rings is 1. The Morgan fingerprint density at radius 3 is 2.27 bits per heavy atom. The molecule has 68 valence electrons. The Kier molecular flexibility index (Phi) is 7.83. The van der Waals surface area contributed by atoms with Gasteiger partial charge in [0.25, 0.3) is 0 Å². The van der Waals surface area contributed by atoms with Crippen LogP contribution in [-0.2, 0) is 9.47 Å². The Morgan fingerprint density at radius 1 is 1.45 bits per heavy atom. The molecule has 1 fully saturated rings. The maximum Gasteiger partial charge on any atom is 0.104 e. The number of aliphatic hydroxyl groups is 2. The van der Waals surface area contributed by atoms with Crippen molar-refractivity contribution in [3.05, 3.63) is 0 Å². The van der Waals surface area contributed by atoms with Crippen molar-refractivity contribution in [1.29, 1.82) is 0 Å². The predicted molar refractivity (Wildman–Crippen MR) is 40.4 cm³/mol. The van der Waals surface area contributed by atoms with Gasteiger partial charge in [-0.05, 0) is 6.92 Å². The fourth-order valence-electron chi connectivity index (χ4n) is 0.414. The van der Waals surface area contributed by atoms with Crippen molar-refractivity contribution >= 4 is 0 Å². The third-order valence-electron chi connectivity index (χ3n) is 1.01. The van der Waals surface area contributed by atoms with Crippen molar-refractivity contribution in [1.82, 2.24) is 0 Å². The van der Waals surface area contributed by atoms with Gasteiger partial charge in [0.1, 0.15) is 6.10 Å². The van der Waals surface area contributed by atoms with Crippen LogP contribution in [-0.4, -0.2) is 49.4 Å². The Labute approximate surface area is 66.7 Å². The SMILES string of the molecule is CCOCC1CO1.OCCO. The number of aliphatic hydroxyl groups excluding tert-OH is 2. The fraction of sp³-hybridized carbons (Fsp3) is 1.00. The van der Waals surface area contributed by atoms with Gasteiger partial charge < -0.3 is 19.7 Å². The van der Waals surface area contributed by atoms with Gasteiger partial charge in [-0.3, -0.25) is 0 Å². The molecule has 1 unspecified atom stereocenters. The summed E-state index contributed by atoms with van der Waals surface area (Å²) in [6, 6.07) is 0. The summed E-state index contributed by atoms with van der Waals surface area (Å²) in [5, 5.41) is 15.2. The molecule has 4 heteroatoms. The summed E-state index contributed by atoms with van der Waals surface area (Å²) < 4.78 is 9.92. The van der Waals surface area contributed by atoms with E-state index in [2.05, 4.69) is 0 Å². The van der Waals surface area contributed by atoms with Gasteiger partial charge in [-0.1, -0.05) is 0 Å². The molecule has 0 aliphatic carbocycles. The van der Waals surface area contributed by atoms with Crippen molar-refractivity contribution in [2.24, 2.45) is 0 Å². The maximum atomic E-state index is 7.62. The lowest BCUT2D eigenvalue weighted by atomic mass is 10.5. The second-order valence-electron chi connectivity index (χ2n) is 2.06. The molecule has 0 amide bonds. The van der Waals surface area contributed by atoms with Crippen molar-refractivity contribution in [3.63, 3.8) is 0 Å². The highest BCUT2D eigenvalue weighted by molar-refractivity contribution is 4.66. The molecule has 1 aliphatic rings. The molecule has 0 aromatic heterocycles. The first-order chi connectivity index (χ1) is 5.35. The average molecular weight is 164 g/mol. The molecule has 4 nitrogen and oxygen atoms in total. The van der Waals surface area contributed by atoms with E-state index in [9.17, 15) is 0 Å². The fourth-order valence-corrected chi connectivity index (χ4v) is 0.414. The second-order valence-corrected chi connectivity index (χ2v) is 2.06. The highest BCUT2D eigenvalue weighted by Crippen LogP contribution is 2.07. The lowest BCUT2D eigenvalue weighted by molar-refractivity contribution is 0.128. The zero-order valence-electron chi connectivity index (χ0n) is 6.82. The number of ether oxygens (including phenoxy) is 2. The minimum Gasteiger partial charge on any atom is -0.394 e. The lowest BCUT2D eigenvalue weighted by Crippen LogP contribution is -1.99. The van der Waals surface area contributed by atoms with Crippen LogP contribution in [0, 0.1) is 0 Å². The number of hydrogen-bond donors (Lipinski definition) is 2. The maximum absolute atomic E-state index is 7.62. The van der Waals surface area contributed by atoms with Crippen LogP contribution < -0.4 is 0 Å². The molecule has 1 saturated heterocycles. The normalized spacial score (nSPS) is 20.5. The molecule has 1 aliphatic heterocycles. The van der Waals surface area contributed by atoms with Gasteiger partial charge in [-0.2, -0.15) is 0 Å². The zero-order valence-corrected chi connectivity index (χ0v) is 6.82. The van der Waals surface area contributed by atoms with Crippen LogP contribution >= 0.6 is 0 Å². The smallest absolute Gasteiger partial charge is 0.104 e. The summed E-state index contributed by atoms with van der Waals surface area (Å²) in [5.41, 5.74) is 0. The van der Waals surface area contributed by atoms with Crippen molar-refractivity contribution < 1.29 is 19.7 Å². The molecular formula is C7H16O4. The molecule has 1 atom stereocenters. The lowest BCUT2D eigenvalue weighted by Gasteiger charge is -1.91. The molecule has 0 bridgehead atoms. The molecule has 11 heavy (non-hydrogen) atoms. The van der Waals surface area contributed by atoms with Gasteiger partial charge in [0.05, 0.1) is 26.4 Å². The molecule has 0 aromatic rings. The summed E-state index contributed by atoms with van der Waals surface area (Å²) in [7, 11) is 0. The Hall–Kier alpha value is -0.160. The predicted octanol–water partition coefficient (Wildman–Crippen LogP) is -0.607. The average Bonchev–Trinajstić information content (AvgIpc) is 2.85. The number of rotatable bonds is 4. The molecule has 0 saturated carbocycles. The van der Waals surface area contributed by atoms with E-state index in [4.69, 9.17) is 19.7 Å². The first-order valence-corrected chi connectivity index (χ1v) is 3.76. The monoisotopic (exact) mass is 164 g/mol. The minimum absolute atomic E-state index is 0.125. The van der Waals surface area contributed by atoms with E-state index < -0.39 is 0 Å². The van der Waals surface area contributed by atoms with E-state index in [1.165, 1.54) is 0 Å². The van der Waals surface area contributed by atoms with E-state index in [1.54, 1.807) is 0 Å². The molecule has 2 N–H and O–H groups in total. The van der Waals surface area contributed by atoms with Gasteiger partial charge in [-0.15, -0.1) is 0 Å². The van der Waals surface area contributed by atoms with Crippen molar-refractivity contribution in [2.45, 2.75) is 13.0 Å². The summed E-state index contributed by atoms with van der Waals surface area (Å²) in [5.74, 6) is 0. The van der Waals surface area contributed by atoms with E-state index in [0.717, 1.165) is 19.8 Å². The highest BCUT2D eigenvalue weighted by Gasteiger charge is 2.21. The van der Waals surface area contributed by atoms with Crippen LogP contribution in [0.4, 0.5) is 0 Å². The van der Waals surface area contributed by atoms with Gasteiger partial charge in [-0.25, -0.2) is 0 Å². The summed E-state index contributed by atoms with van der Waals surface area (Å²) in [6.07, 6.45) is 0.431. The highest BCUT2D eigenvalue weighted by atomic mass is 16.6. The van der Waals surface area contributed by atoms with E-state index in [-0.39, 0.29) is 13.2 Å². The van der Waals surface area contributed by atoms with Crippen LogP contribution in [0.15, 0.2) is 0 Å². The first-order valence-electron chi connectivity index (χ1n) is 3.76. The van der Waals surface area contributed by atoms with Crippen molar-refractivity contribution in [2.75, 3.05) is 33.0 Å². The molecule has 0 radical (unpaired) electrons.